The normalized spacial score (nSPS) is 18.3. The Balaban J connectivity index is 2.72. The van der Waals surface area contributed by atoms with Gasteiger partial charge in [-0.25, -0.2) is 9.79 Å². The number of dihydropyridines is 1. The molecule has 0 unspecified atom stereocenters. The van der Waals surface area contributed by atoms with E-state index in [-0.39, 0.29) is 5.71 Å². The van der Waals surface area contributed by atoms with Crippen LogP contribution in [0.4, 0.5) is 4.79 Å². The summed E-state index contributed by atoms with van der Waals surface area (Å²) in [6.07, 6.45) is 3.51. The van der Waals surface area contributed by atoms with Crippen molar-refractivity contribution in [2.45, 2.75) is 26.4 Å². The van der Waals surface area contributed by atoms with Crippen molar-refractivity contribution in [2.24, 2.45) is 9.98 Å². The van der Waals surface area contributed by atoms with Crippen LogP contribution >= 0.6 is 0 Å². The number of rotatable bonds is 0. The zero-order chi connectivity index (χ0) is 11.5. The first-order chi connectivity index (χ1) is 6.88. The number of amides is 2. The van der Waals surface area contributed by atoms with Crippen LogP contribution < -0.4 is 0 Å². The molecule has 80 valence electrons. The number of ether oxygens (including phenoxy) is 1. The van der Waals surface area contributed by atoms with Gasteiger partial charge in [-0.15, -0.1) is 0 Å². The standard InChI is InChI=1S/C10H12N2O3/c1-10(2,3)15-9(14)12-7-5-4-6-11-8(7)13/h4-6H,1-3H3. The van der Waals surface area contributed by atoms with Crippen LogP contribution in [0.15, 0.2) is 22.1 Å². The van der Waals surface area contributed by atoms with E-state index in [1.165, 1.54) is 18.4 Å². The van der Waals surface area contributed by atoms with Crippen molar-refractivity contribution < 1.29 is 14.3 Å². The highest BCUT2D eigenvalue weighted by Gasteiger charge is 2.18. The van der Waals surface area contributed by atoms with Crippen LogP contribution in [0.25, 0.3) is 0 Å². The molecule has 0 atom stereocenters. The summed E-state index contributed by atoms with van der Waals surface area (Å²) >= 11 is 0. The Morgan fingerprint density at radius 3 is 2.67 bits per heavy atom. The van der Waals surface area contributed by atoms with Gasteiger partial charge < -0.3 is 4.74 Å². The van der Waals surface area contributed by atoms with E-state index in [1.807, 2.05) is 0 Å². The molecule has 5 heteroatoms. The predicted molar refractivity (Wildman–Crippen MR) is 56.3 cm³/mol. The van der Waals surface area contributed by atoms with Gasteiger partial charge in [-0.3, -0.25) is 4.79 Å². The van der Waals surface area contributed by atoms with E-state index in [4.69, 9.17) is 4.74 Å². The predicted octanol–water partition coefficient (Wildman–Crippen LogP) is 1.53. The highest BCUT2D eigenvalue weighted by atomic mass is 16.6. The molecule has 0 N–H and O–H groups in total. The lowest BCUT2D eigenvalue weighted by Crippen LogP contribution is -2.23. The lowest BCUT2D eigenvalue weighted by Gasteiger charge is -2.17. The molecule has 0 saturated carbocycles. The third-order valence-corrected chi connectivity index (χ3v) is 1.36. The fourth-order valence-corrected chi connectivity index (χ4v) is 0.851. The molecule has 5 nitrogen and oxygen atoms in total. The third kappa shape index (κ3) is 3.84. The maximum atomic E-state index is 11.2. The summed E-state index contributed by atoms with van der Waals surface area (Å²) in [5, 5.41) is 0. The smallest absolute Gasteiger partial charge is 0.434 e. The molecule has 0 aromatic rings. The van der Waals surface area contributed by atoms with E-state index in [0.717, 1.165) is 0 Å². The maximum absolute atomic E-state index is 11.2. The quantitative estimate of drug-likeness (QED) is 0.606. The number of hydrogen-bond acceptors (Lipinski definition) is 3. The molecule has 0 saturated heterocycles. The average molecular weight is 208 g/mol. The Kier molecular flexibility index (Phi) is 3.14. The zero-order valence-electron chi connectivity index (χ0n) is 8.85. The molecule has 0 aromatic carbocycles. The molecule has 0 spiro atoms. The lowest BCUT2D eigenvalue weighted by atomic mass is 10.2. The Bertz CT molecular complexity index is 373. The van der Waals surface area contributed by atoms with Crippen molar-refractivity contribution in [3.05, 3.63) is 12.2 Å². The third-order valence-electron chi connectivity index (χ3n) is 1.36. The fraction of sp³-hybridized carbons (Fsp3) is 0.400. The molecule has 1 heterocycles. The van der Waals surface area contributed by atoms with Crippen molar-refractivity contribution in [2.75, 3.05) is 0 Å². The minimum atomic E-state index is -0.785. The Morgan fingerprint density at radius 1 is 1.47 bits per heavy atom. The first kappa shape index (κ1) is 11.3. The molecular weight excluding hydrogens is 196 g/mol. The van der Waals surface area contributed by atoms with E-state index in [1.54, 1.807) is 20.8 Å². The number of nitrogens with zero attached hydrogens (tertiary/aromatic N) is 2. The fourth-order valence-electron chi connectivity index (χ4n) is 0.851. The first-order valence-corrected chi connectivity index (χ1v) is 4.45. The first-order valence-electron chi connectivity index (χ1n) is 4.45. The topological polar surface area (TPSA) is 68.1 Å². The van der Waals surface area contributed by atoms with Crippen molar-refractivity contribution in [3.8, 4) is 0 Å². The van der Waals surface area contributed by atoms with Gasteiger partial charge in [0.2, 0.25) is 0 Å². The number of allylic oxidation sites excluding steroid dienone is 1. The monoisotopic (exact) mass is 208 g/mol. The maximum Gasteiger partial charge on any atom is 0.434 e. The highest BCUT2D eigenvalue weighted by Crippen LogP contribution is 2.08. The number of hydrogen-bond donors (Lipinski definition) is 0. The SMILES string of the molecule is CC(C)(C)OC(=O)N=C1C=CC=NC1=O. The van der Waals surface area contributed by atoms with Gasteiger partial charge in [0.15, 0.2) is 0 Å². The molecule has 15 heavy (non-hydrogen) atoms. The van der Waals surface area contributed by atoms with Crippen LogP contribution in [0.5, 0.6) is 0 Å². The van der Waals surface area contributed by atoms with Crippen LogP contribution in [0.1, 0.15) is 20.8 Å². The second-order valence-electron chi connectivity index (χ2n) is 3.92. The summed E-state index contributed by atoms with van der Waals surface area (Å²) in [6, 6.07) is 0. The number of aliphatic imine (C=N–C) groups is 2. The van der Waals surface area contributed by atoms with Gasteiger partial charge in [-0.05, 0) is 32.9 Å². The van der Waals surface area contributed by atoms with E-state index < -0.39 is 17.6 Å². The van der Waals surface area contributed by atoms with Crippen molar-refractivity contribution in [3.63, 3.8) is 0 Å². The van der Waals surface area contributed by atoms with E-state index >= 15 is 0 Å². The summed E-state index contributed by atoms with van der Waals surface area (Å²) in [7, 11) is 0. The zero-order valence-corrected chi connectivity index (χ0v) is 8.85. The molecule has 1 rings (SSSR count). The molecule has 1 aliphatic rings. The van der Waals surface area contributed by atoms with E-state index in [0.29, 0.717) is 0 Å². The average Bonchev–Trinajstić information content (AvgIpc) is 2.05. The van der Waals surface area contributed by atoms with E-state index in [9.17, 15) is 9.59 Å². The van der Waals surface area contributed by atoms with Crippen LogP contribution in [0.3, 0.4) is 0 Å². The minimum absolute atomic E-state index is 0.00764. The summed E-state index contributed by atoms with van der Waals surface area (Å²) in [4.78, 5) is 29.3. The van der Waals surface area contributed by atoms with Crippen LogP contribution in [-0.4, -0.2) is 29.5 Å². The Morgan fingerprint density at radius 2 is 2.13 bits per heavy atom. The molecule has 1 aliphatic heterocycles. The van der Waals surface area contributed by atoms with Gasteiger partial charge in [0.1, 0.15) is 11.3 Å². The Hall–Kier alpha value is -1.78. The van der Waals surface area contributed by atoms with Gasteiger partial charge in [0, 0.05) is 6.21 Å². The van der Waals surface area contributed by atoms with Crippen LogP contribution in [-0.2, 0) is 9.53 Å². The molecular formula is C10H12N2O3. The molecule has 0 radical (unpaired) electrons. The Labute approximate surface area is 87.6 Å². The molecule has 2 amide bonds. The molecule has 0 bridgehead atoms. The summed E-state index contributed by atoms with van der Waals surface area (Å²) in [6.45, 7) is 5.17. The van der Waals surface area contributed by atoms with Crippen molar-refractivity contribution in [1.82, 2.24) is 0 Å². The largest absolute Gasteiger partial charge is 0.442 e. The van der Waals surface area contributed by atoms with Gasteiger partial charge >= 0.3 is 6.09 Å². The molecule has 0 fully saturated rings. The van der Waals surface area contributed by atoms with Crippen molar-refractivity contribution >= 4 is 23.9 Å². The van der Waals surface area contributed by atoms with Crippen LogP contribution in [0.2, 0.25) is 0 Å². The summed E-state index contributed by atoms with van der Waals surface area (Å²) in [5.41, 5.74) is -0.627. The van der Waals surface area contributed by atoms with Crippen LogP contribution in [0, 0.1) is 0 Å². The van der Waals surface area contributed by atoms with Gasteiger partial charge in [-0.2, -0.15) is 4.99 Å². The molecule has 0 aromatic heterocycles. The highest BCUT2D eigenvalue weighted by molar-refractivity contribution is 6.47. The lowest BCUT2D eigenvalue weighted by molar-refractivity contribution is -0.111. The van der Waals surface area contributed by atoms with Gasteiger partial charge in [0.25, 0.3) is 5.91 Å². The second kappa shape index (κ2) is 4.16. The van der Waals surface area contributed by atoms with E-state index in [2.05, 4.69) is 9.98 Å². The second-order valence-corrected chi connectivity index (χ2v) is 3.92. The number of carbonyl (C=O) groups is 2. The number of carbonyl (C=O) groups excluding carboxylic acids is 2. The van der Waals surface area contributed by atoms with Gasteiger partial charge in [-0.1, -0.05) is 0 Å². The summed E-state index contributed by atoms with van der Waals surface area (Å²) in [5.74, 6) is -0.539. The summed E-state index contributed by atoms with van der Waals surface area (Å²) < 4.78 is 4.92. The minimum Gasteiger partial charge on any atom is -0.442 e. The van der Waals surface area contributed by atoms with Crippen molar-refractivity contribution in [1.29, 1.82) is 0 Å². The molecule has 0 aliphatic carbocycles. The van der Waals surface area contributed by atoms with Gasteiger partial charge in [0.05, 0.1) is 0 Å².